The zero-order chi connectivity index (χ0) is 15.5. The van der Waals surface area contributed by atoms with Gasteiger partial charge < -0.3 is 15.0 Å². The molecule has 0 saturated carbocycles. The van der Waals surface area contributed by atoms with E-state index in [0.717, 1.165) is 16.0 Å². The summed E-state index contributed by atoms with van der Waals surface area (Å²) in [6.45, 7) is 5.92. The predicted molar refractivity (Wildman–Crippen MR) is 87.1 cm³/mol. The molecule has 3 heterocycles. The number of nitrogens with zero attached hydrogens (tertiary/aromatic N) is 3. The molecule has 0 aliphatic carbocycles. The minimum absolute atomic E-state index is 0.105. The number of carbonyl (C=O) groups excluding carboxylic acids is 1. The zero-order valence-corrected chi connectivity index (χ0v) is 13.6. The van der Waals surface area contributed by atoms with Crippen molar-refractivity contribution in [3.05, 3.63) is 17.8 Å². The van der Waals surface area contributed by atoms with Crippen LogP contribution >= 0.6 is 11.3 Å². The molecule has 0 aromatic carbocycles. The number of thiophene rings is 1. The Morgan fingerprint density at radius 3 is 2.95 bits per heavy atom. The second-order valence-corrected chi connectivity index (χ2v) is 6.51. The molecule has 0 unspecified atom stereocenters. The summed E-state index contributed by atoms with van der Waals surface area (Å²) in [6.07, 6.45) is 2.21. The van der Waals surface area contributed by atoms with E-state index in [2.05, 4.69) is 15.3 Å². The Kier molecular flexibility index (Phi) is 4.54. The molecule has 6 nitrogen and oxygen atoms in total. The average Bonchev–Trinajstić information content (AvgIpc) is 2.95. The van der Waals surface area contributed by atoms with Gasteiger partial charge in [-0.1, -0.05) is 0 Å². The highest BCUT2D eigenvalue weighted by atomic mass is 32.1. The Morgan fingerprint density at radius 2 is 2.18 bits per heavy atom. The van der Waals surface area contributed by atoms with Crippen LogP contribution in [0.25, 0.3) is 10.2 Å². The number of ether oxygens (including phenoxy) is 1. The lowest BCUT2D eigenvalue weighted by molar-refractivity contribution is -0.142. The summed E-state index contributed by atoms with van der Waals surface area (Å²) in [5, 5.41) is 5.24. The summed E-state index contributed by atoms with van der Waals surface area (Å²) in [4.78, 5) is 22.6. The second kappa shape index (κ2) is 6.58. The topological polar surface area (TPSA) is 67.4 Å². The zero-order valence-electron chi connectivity index (χ0n) is 12.8. The van der Waals surface area contributed by atoms with Crippen molar-refractivity contribution in [2.45, 2.75) is 32.5 Å². The molecule has 1 aliphatic rings. The number of rotatable bonds is 4. The number of fused-ring (bicyclic) bond motifs is 1. The molecule has 2 aromatic heterocycles. The van der Waals surface area contributed by atoms with E-state index >= 15 is 0 Å². The molecule has 22 heavy (non-hydrogen) atoms. The van der Waals surface area contributed by atoms with E-state index in [4.69, 9.17) is 4.74 Å². The Balaban J connectivity index is 1.54. The Labute approximate surface area is 133 Å². The van der Waals surface area contributed by atoms with E-state index in [0.29, 0.717) is 26.1 Å². The van der Waals surface area contributed by atoms with Crippen molar-refractivity contribution in [1.29, 1.82) is 0 Å². The molecule has 1 saturated heterocycles. The first kappa shape index (κ1) is 15.2. The van der Waals surface area contributed by atoms with E-state index in [-0.39, 0.29) is 18.1 Å². The molecule has 1 fully saturated rings. The number of nitrogens with one attached hydrogen (secondary N) is 1. The van der Waals surface area contributed by atoms with Crippen LogP contribution < -0.4 is 5.32 Å². The van der Waals surface area contributed by atoms with Crippen LogP contribution in [0.4, 0.5) is 5.82 Å². The smallest absolute Gasteiger partial charge is 0.224 e. The summed E-state index contributed by atoms with van der Waals surface area (Å²) in [5.41, 5.74) is 0.935. The highest BCUT2D eigenvalue weighted by molar-refractivity contribution is 7.17. The van der Waals surface area contributed by atoms with Crippen LogP contribution in [0, 0.1) is 0 Å². The lowest BCUT2D eigenvalue weighted by Crippen LogP contribution is -2.48. The van der Waals surface area contributed by atoms with Crippen molar-refractivity contribution in [3.63, 3.8) is 0 Å². The lowest BCUT2D eigenvalue weighted by Gasteiger charge is -2.35. The quantitative estimate of drug-likeness (QED) is 0.935. The van der Waals surface area contributed by atoms with Gasteiger partial charge in [0, 0.05) is 26.1 Å². The van der Waals surface area contributed by atoms with Crippen molar-refractivity contribution < 1.29 is 9.53 Å². The summed E-state index contributed by atoms with van der Waals surface area (Å²) in [5.74, 6) is 0.961. The molecule has 0 bridgehead atoms. The average molecular weight is 320 g/mol. The van der Waals surface area contributed by atoms with Gasteiger partial charge in [-0.25, -0.2) is 9.97 Å². The molecule has 2 aromatic rings. The van der Waals surface area contributed by atoms with Gasteiger partial charge in [0.2, 0.25) is 5.91 Å². The first-order chi connectivity index (χ1) is 10.6. The van der Waals surface area contributed by atoms with Gasteiger partial charge in [-0.2, -0.15) is 0 Å². The summed E-state index contributed by atoms with van der Waals surface area (Å²) >= 11 is 1.60. The molecule has 1 N–H and O–H groups in total. The van der Waals surface area contributed by atoms with E-state index in [1.165, 1.54) is 0 Å². The Hall–Kier alpha value is -1.73. The second-order valence-electron chi connectivity index (χ2n) is 5.59. The minimum Gasteiger partial charge on any atom is -0.372 e. The van der Waals surface area contributed by atoms with Gasteiger partial charge in [0.05, 0.1) is 22.4 Å². The molecule has 3 rings (SSSR count). The largest absolute Gasteiger partial charge is 0.372 e. The maximum atomic E-state index is 12.3. The Morgan fingerprint density at radius 1 is 1.41 bits per heavy atom. The fourth-order valence-electron chi connectivity index (χ4n) is 2.74. The van der Waals surface area contributed by atoms with Crippen LogP contribution in [0.2, 0.25) is 0 Å². The number of anilines is 1. The number of hydrogen-bond donors (Lipinski definition) is 1. The number of aromatic nitrogens is 2. The number of amides is 1. The van der Waals surface area contributed by atoms with E-state index in [9.17, 15) is 4.79 Å². The fraction of sp³-hybridized carbons (Fsp3) is 0.533. The van der Waals surface area contributed by atoms with Gasteiger partial charge in [0.1, 0.15) is 12.1 Å². The van der Waals surface area contributed by atoms with Crippen molar-refractivity contribution >= 4 is 33.3 Å². The first-order valence-corrected chi connectivity index (χ1v) is 8.36. The third-order valence-corrected chi connectivity index (χ3v) is 4.56. The fourth-order valence-corrected chi connectivity index (χ4v) is 3.55. The van der Waals surface area contributed by atoms with Crippen LogP contribution in [0.15, 0.2) is 17.8 Å². The van der Waals surface area contributed by atoms with E-state index in [1.807, 2.05) is 30.2 Å². The van der Waals surface area contributed by atoms with Gasteiger partial charge in [-0.05, 0) is 25.3 Å². The number of carbonyl (C=O) groups is 1. The van der Waals surface area contributed by atoms with Crippen molar-refractivity contribution in [3.8, 4) is 0 Å². The van der Waals surface area contributed by atoms with Crippen molar-refractivity contribution in [2.24, 2.45) is 0 Å². The Bertz CT molecular complexity index is 650. The molecule has 1 aliphatic heterocycles. The molecule has 0 spiro atoms. The third-order valence-electron chi connectivity index (χ3n) is 3.65. The van der Waals surface area contributed by atoms with Crippen molar-refractivity contribution in [2.75, 3.05) is 25.0 Å². The van der Waals surface area contributed by atoms with E-state index in [1.54, 1.807) is 17.7 Å². The van der Waals surface area contributed by atoms with Crippen LogP contribution in [0.5, 0.6) is 0 Å². The summed E-state index contributed by atoms with van der Waals surface area (Å²) in [7, 11) is 0. The highest BCUT2D eigenvalue weighted by Crippen LogP contribution is 2.24. The van der Waals surface area contributed by atoms with Gasteiger partial charge in [0.25, 0.3) is 0 Å². The van der Waals surface area contributed by atoms with Crippen LogP contribution in [0.3, 0.4) is 0 Å². The molecule has 2 atom stereocenters. The number of hydrogen-bond acceptors (Lipinski definition) is 6. The van der Waals surface area contributed by atoms with E-state index < -0.39 is 0 Å². The predicted octanol–water partition coefficient (Wildman–Crippen LogP) is 2.13. The van der Waals surface area contributed by atoms with Crippen LogP contribution in [0.1, 0.15) is 20.3 Å². The first-order valence-electron chi connectivity index (χ1n) is 7.49. The van der Waals surface area contributed by atoms with Crippen molar-refractivity contribution in [1.82, 2.24) is 14.9 Å². The molecule has 118 valence electrons. The molecular formula is C15H20N4O2S. The van der Waals surface area contributed by atoms with Crippen LogP contribution in [-0.4, -0.2) is 52.6 Å². The van der Waals surface area contributed by atoms with Gasteiger partial charge >= 0.3 is 0 Å². The van der Waals surface area contributed by atoms with Gasteiger partial charge in [-0.15, -0.1) is 11.3 Å². The third kappa shape index (κ3) is 3.36. The maximum Gasteiger partial charge on any atom is 0.224 e. The number of morpholine rings is 1. The standard InChI is InChI=1S/C15H20N4O2S/c1-10-7-19(8-11(2)21-10)13(20)3-5-16-15-14-12(4-6-22-14)17-9-18-15/h4,6,9-11H,3,5,7-8H2,1-2H3,(H,16,17,18)/t10-,11-/m0/s1. The SMILES string of the molecule is C[C@H]1CN(C(=O)CCNc2ncnc3ccsc23)C[C@H](C)O1. The van der Waals surface area contributed by atoms with Gasteiger partial charge in [0.15, 0.2) is 0 Å². The van der Waals surface area contributed by atoms with Crippen LogP contribution in [-0.2, 0) is 9.53 Å². The minimum atomic E-state index is 0.105. The monoisotopic (exact) mass is 320 g/mol. The molecule has 7 heteroatoms. The van der Waals surface area contributed by atoms with Gasteiger partial charge in [-0.3, -0.25) is 4.79 Å². The highest BCUT2D eigenvalue weighted by Gasteiger charge is 2.25. The summed E-state index contributed by atoms with van der Waals surface area (Å²) in [6, 6.07) is 1.97. The summed E-state index contributed by atoms with van der Waals surface area (Å²) < 4.78 is 6.69. The molecule has 1 amide bonds. The lowest BCUT2D eigenvalue weighted by atomic mass is 10.2. The molecule has 0 radical (unpaired) electrons. The maximum absolute atomic E-state index is 12.3. The molecular weight excluding hydrogens is 300 g/mol. The normalized spacial score (nSPS) is 22.0.